The predicted octanol–water partition coefficient (Wildman–Crippen LogP) is 2.32. The van der Waals surface area contributed by atoms with Gasteiger partial charge in [-0.1, -0.05) is 6.07 Å². The van der Waals surface area contributed by atoms with Crippen LogP contribution in [0.15, 0.2) is 24.4 Å². The Labute approximate surface area is 81.6 Å². The molecule has 1 aliphatic heterocycles. The van der Waals surface area contributed by atoms with E-state index in [4.69, 9.17) is 0 Å². The van der Waals surface area contributed by atoms with Gasteiger partial charge in [0.15, 0.2) is 0 Å². The molecule has 76 valence electrons. The minimum Gasteiger partial charge on any atom is -0.356 e. The number of hydrogen-bond acceptors (Lipinski definition) is 2. The summed E-state index contributed by atoms with van der Waals surface area (Å²) in [5.41, 5.74) is 0. The van der Waals surface area contributed by atoms with E-state index in [0.29, 0.717) is 13.1 Å². The van der Waals surface area contributed by atoms with Gasteiger partial charge in [0.25, 0.3) is 5.92 Å². The molecular weight excluding hydrogens is 186 g/mol. The first kappa shape index (κ1) is 9.37. The zero-order chi connectivity index (χ0) is 10.0. The van der Waals surface area contributed by atoms with Gasteiger partial charge in [-0.05, 0) is 12.1 Å². The van der Waals surface area contributed by atoms with Gasteiger partial charge in [0.05, 0.1) is 0 Å². The monoisotopic (exact) mass is 198 g/mol. The van der Waals surface area contributed by atoms with Gasteiger partial charge in [0.2, 0.25) is 0 Å². The van der Waals surface area contributed by atoms with Crippen molar-refractivity contribution >= 4 is 5.82 Å². The van der Waals surface area contributed by atoms with Crippen LogP contribution in [0.3, 0.4) is 0 Å². The molecule has 2 nitrogen and oxygen atoms in total. The molecule has 0 unspecified atom stereocenters. The van der Waals surface area contributed by atoms with Gasteiger partial charge in [0, 0.05) is 32.1 Å². The summed E-state index contributed by atoms with van der Waals surface area (Å²) in [7, 11) is 0. The highest BCUT2D eigenvalue weighted by Crippen LogP contribution is 2.29. The van der Waals surface area contributed by atoms with Crippen molar-refractivity contribution in [3.8, 4) is 0 Å². The SMILES string of the molecule is FC1(F)CCN(c2ccccn2)CC1. The number of halogens is 2. The van der Waals surface area contributed by atoms with Crippen molar-refractivity contribution in [1.29, 1.82) is 0 Å². The molecule has 0 amide bonds. The standard InChI is InChI=1S/C10H12F2N2/c11-10(12)4-7-14(8-5-10)9-3-1-2-6-13-9/h1-3,6H,4-5,7-8H2. The van der Waals surface area contributed by atoms with Crippen LogP contribution in [0.4, 0.5) is 14.6 Å². The Morgan fingerprint density at radius 3 is 2.50 bits per heavy atom. The van der Waals surface area contributed by atoms with E-state index in [1.54, 1.807) is 6.20 Å². The van der Waals surface area contributed by atoms with E-state index in [1.165, 1.54) is 0 Å². The molecule has 4 heteroatoms. The number of hydrogen-bond donors (Lipinski definition) is 0. The molecule has 2 rings (SSSR count). The van der Waals surface area contributed by atoms with E-state index in [-0.39, 0.29) is 12.8 Å². The van der Waals surface area contributed by atoms with E-state index < -0.39 is 5.92 Å². The number of pyridine rings is 1. The van der Waals surface area contributed by atoms with E-state index >= 15 is 0 Å². The molecule has 1 aromatic rings. The predicted molar refractivity (Wildman–Crippen MR) is 50.6 cm³/mol. The Morgan fingerprint density at radius 2 is 1.93 bits per heavy atom. The third kappa shape index (κ3) is 2.00. The van der Waals surface area contributed by atoms with E-state index in [2.05, 4.69) is 4.98 Å². The summed E-state index contributed by atoms with van der Waals surface area (Å²) in [4.78, 5) is 6.03. The molecule has 1 fully saturated rings. The molecule has 14 heavy (non-hydrogen) atoms. The van der Waals surface area contributed by atoms with Crippen LogP contribution in [0.1, 0.15) is 12.8 Å². The number of aromatic nitrogens is 1. The fourth-order valence-corrected chi connectivity index (χ4v) is 1.60. The molecule has 0 bridgehead atoms. The maximum atomic E-state index is 12.8. The second kappa shape index (κ2) is 3.52. The van der Waals surface area contributed by atoms with Crippen LogP contribution in [0.2, 0.25) is 0 Å². The maximum Gasteiger partial charge on any atom is 0.251 e. The molecule has 2 heterocycles. The lowest BCUT2D eigenvalue weighted by molar-refractivity contribution is -0.0221. The summed E-state index contributed by atoms with van der Waals surface area (Å²) in [6.45, 7) is 0.786. The Kier molecular flexibility index (Phi) is 2.35. The number of anilines is 1. The van der Waals surface area contributed by atoms with Crippen LogP contribution in [0.25, 0.3) is 0 Å². The molecule has 1 aliphatic rings. The summed E-state index contributed by atoms with van der Waals surface area (Å²) in [5, 5.41) is 0. The lowest BCUT2D eigenvalue weighted by atomic mass is 10.1. The third-order valence-corrected chi connectivity index (χ3v) is 2.47. The Morgan fingerprint density at radius 1 is 1.21 bits per heavy atom. The van der Waals surface area contributed by atoms with Crippen LogP contribution in [0, 0.1) is 0 Å². The highest BCUT2D eigenvalue weighted by molar-refractivity contribution is 5.38. The molecule has 0 radical (unpaired) electrons. The van der Waals surface area contributed by atoms with Crippen LogP contribution in [0.5, 0.6) is 0 Å². The van der Waals surface area contributed by atoms with Crippen molar-refractivity contribution in [1.82, 2.24) is 4.98 Å². The van der Waals surface area contributed by atoms with E-state index in [1.807, 2.05) is 23.1 Å². The van der Waals surface area contributed by atoms with Gasteiger partial charge >= 0.3 is 0 Å². The van der Waals surface area contributed by atoms with Gasteiger partial charge < -0.3 is 4.90 Å². The molecule has 0 spiro atoms. The number of rotatable bonds is 1. The molecular formula is C10H12F2N2. The number of alkyl halides is 2. The number of piperidine rings is 1. The van der Waals surface area contributed by atoms with Crippen LogP contribution >= 0.6 is 0 Å². The van der Waals surface area contributed by atoms with Crippen molar-refractivity contribution in [3.63, 3.8) is 0 Å². The lowest BCUT2D eigenvalue weighted by Gasteiger charge is -2.32. The molecule has 0 saturated carbocycles. The largest absolute Gasteiger partial charge is 0.356 e. The van der Waals surface area contributed by atoms with Gasteiger partial charge in [-0.15, -0.1) is 0 Å². The van der Waals surface area contributed by atoms with Gasteiger partial charge in [-0.25, -0.2) is 13.8 Å². The Balaban J connectivity index is 2.03. The third-order valence-electron chi connectivity index (χ3n) is 2.47. The Bertz CT molecular complexity index is 290. The van der Waals surface area contributed by atoms with Crippen LogP contribution in [-0.2, 0) is 0 Å². The van der Waals surface area contributed by atoms with E-state index in [0.717, 1.165) is 5.82 Å². The summed E-state index contributed by atoms with van der Waals surface area (Å²) in [6.07, 6.45) is 1.55. The minimum atomic E-state index is -2.48. The fraction of sp³-hybridized carbons (Fsp3) is 0.500. The van der Waals surface area contributed by atoms with Gasteiger partial charge in [-0.3, -0.25) is 0 Å². The minimum absolute atomic E-state index is 0.0659. The second-order valence-corrected chi connectivity index (χ2v) is 3.53. The van der Waals surface area contributed by atoms with Crippen molar-refractivity contribution in [3.05, 3.63) is 24.4 Å². The van der Waals surface area contributed by atoms with E-state index in [9.17, 15) is 8.78 Å². The first-order valence-electron chi connectivity index (χ1n) is 4.71. The fourth-order valence-electron chi connectivity index (χ4n) is 1.60. The van der Waals surface area contributed by atoms with Crippen LogP contribution in [-0.4, -0.2) is 24.0 Å². The van der Waals surface area contributed by atoms with Gasteiger partial charge in [0.1, 0.15) is 5.82 Å². The molecule has 1 saturated heterocycles. The normalized spacial score (nSPS) is 20.9. The lowest BCUT2D eigenvalue weighted by Crippen LogP contribution is -2.39. The molecule has 0 aromatic carbocycles. The zero-order valence-corrected chi connectivity index (χ0v) is 7.79. The van der Waals surface area contributed by atoms with Gasteiger partial charge in [-0.2, -0.15) is 0 Å². The Hall–Kier alpha value is -1.19. The summed E-state index contributed by atoms with van der Waals surface area (Å²) < 4.78 is 25.7. The van der Waals surface area contributed by atoms with Crippen molar-refractivity contribution < 1.29 is 8.78 Å². The topological polar surface area (TPSA) is 16.1 Å². The quantitative estimate of drug-likeness (QED) is 0.688. The average Bonchev–Trinajstić information content (AvgIpc) is 2.19. The highest BCUT2D eigenvalue weighted by atomic mass is 19.3. The molecule has 0 N–H and O–H groups in total. The first-order valence-corrected chi connectivity index (χ1v) is 4.71. The first-order chi connectivity index (χ1) is 6.67. The zero-order valence-electron chi connectivity index (χ0n) is 7.79. The maximum absolute atomic E-state index is 12.8. The molecule has 0 aliphatic carbocycles. The van der Waals surface area contributed by atoms with Crippen molar-refractivity contribution in [2.75, 3.05) is 18.0 Å². The molecule has 1 aromatic heterocycles. The van der Waals surface area contributed by atoms with Crippen LogP contribution < -0.4 is 4.90 Å². The second-order valence-electron chi connectivity index (χ2n) is 3.53. The number of nitrogens with zero attached hydrogens (tertiary/aromatic N) is 2. The molecule has 0 atom stereocenters. The van der Waals surface area contributed by atoms with Crippen molar-refractivity contribution in [2.45, 2.75) is 18.8 Å². The summed E-state index contributed by atoms with van der Waals surface area (Å²) >= 11 is 0. The summed E-state index contributed by atoms with van der Waals surface area (Å²) in [6, 6.07) is 5.54. The summed E-state index contributed by atoms with van der Waals surface area (Å²) in [5.74, 6) is -1.69. The average molecular weight is 198 g/mol. The van der Waals surface area contributed by atoms with Crippen molar-refractivity contribution in [2.24, 2.45) is 0 Å². The smallest absolute Gasteiger partial charge is 0.251 e. The highest BCUT2D eigenvalue weighted by Gasteiger charge is 2.34.